The summed E-state index contributed by atoms with van der Waals surface area (Å²) in [5, 5.41) is 18.6. The van der Waals surface area contributed by atoms with Crippen molar-refractivity contribution in [3.8, 4) is 5.75 Å². The molecule has 1 rings (SSSR count). The number of hydrogen-bond acceptors (Lipinski definition) is 6. The highest BCUT2D eigenvalue weighted by molar-refractivity contribution is 6.06. The van der Waals surface area contributed by atoms with Gasteiger partial charge in [-0.05, 0) is 53.7 Å². The Kier molecular flexibility index (Phi) is 5.81. The molecule has 0 unspecified atom stereocenters. The first kappa shape index (κ1) is 21.1. The van der Waals surface area contributed by atoms with Crippen molar-refractivity contribution in [3.63, 3.8) is 0 Å². The number of carbonyl (C=O) groups excluding carboxylic acids is 2. The van der Waals surface area contributed by atoms with Crippen LogP contribution in [0.5, 0.6) is 5.75 Å². The van der Waals surface area contributed by atoms with Gasteiger partial charge >= 0.3 is 23.9 Å². The molecule has 0 aliphatic carbocycles. The maximum atomic E-state index is 12.3. The Labute approximate surface area is 150 Å². The number of benzene rings is 1. The van der Waals surface area contributed by atoms with Gasteiger partial charge in [0.2, 0.25) is 0 Å². The van der Waals surface area contributed by atoms with Gasteiger partial charge in [-0.25, -0.2) is 14.4 Å². The molecule has 0 spiro atoms. The summed E-state index contributed by atoms with van der Waals surface area (Å²) in [5.41, 5.74) is -3.36. The Morgan fingerprint density at radius 1 is 0.808 bits per heavy atom. The van der Waals surface area contributed by atoms with E-state index < -0.39 is 57.3 Å². The number of aromatic carboxylic acids is 2. The molecule has 1 aromatic rings. The molecule has 8 nitrogen and oxygen atoms in total. The molecule has 1 aromatic carbocycles. The summed E-state index contributed by atoms with van der Waals surface area (Å²) in [7, 11) is 0. The van der Waals surface area contributed by atoms with Crippen LogP contribution in [0, 0.1) is 5.41 Å². The van der Waals surface area contributed by atoms with Crippen LogP contribution in [0.4, 0.5) is 0 Å². The predicted octanol–water partition coefficient (Wildman–Crippen LogP) is 2.99. The molecule has 8 heteroatoms. The number of hydrogen-bond donors (Lipinski definition) is 2. The van der Waals surface area contributed by atoms with Crippen molar-refractivity contribution in [2.45, 2.75) is 47.1 Å². The van der Waals surface area contributed by atoms with Crippen LogP contribution < -0.4 is 4.74 Å². The third kappa shape index (κ3) is 5.30. The van der Waals surface area contributed by atoms with Crippen molar-refractivity contribution < 1.29 is 38.9 Å². The van der Waals surface area contributed by atoms with Gasteiger partial charge in [0.05, 0.1) is 16.5 Å². The molecule has 0 aromatic heterocycles. The number of esters is 2. The van der Waals surface area contributed by atoms with Crippen molar-refractivity contribution in [2.24, 2.45) is 5.41 Å². The first-order chi connectivity index (χ1) is 11.6. The van der Waals surface area contributed by atoms with E-state index >= 15 is 0 Å². The molecule has 0 heterocycles. The van der Waals surface area contributed by atoms with Crippen molar-refractivity contribution in [1.82, 2.24) is 0 Å². The van der Waals surface area contributed by atoms with Gasteiger partial charge in [-0.1, -0.05) is 0 Å². The summed E-state index contributed by atoms with van der Waals surface area (Å²) in [5.74, 6) is -5.15. The van der Waals surface area contributed by atoms with Gasteiger partial charge in [0.1, 0.15) is 16.9 Å². The molecule has 0 radical (unpaired) electrons. The van der Waals surface area contributed by atoms with Gasteiger partial charge in [-0.3, -0.25) is 4.79 Å². The first-order valence-electron chi connectivity index (χ1n) is 7.73. The maximum Gasteiger partial charge on any atom is 0.339 e. The van der Waals surface area contributed by atoms with E-state index in [2.05, 4.69) is 0 Å². The lowest BCUT2D eigenvalue weighted by Crippen LogP contribution is -2.28. The monoisotopic (exact) mass is 366 g/mol. The summed E-state index contributed by atoms with van der Waals surface area (Å²) >= 11 is 0. The lowest BCUT2D eigenvalue weighted by atomic mass is 9.97. The second-order valence-corrected chi connectivity index (χ2v) is 7.65. The van der Waals surface area contributed by atoms with E-state index in [0.29, 0.717) is 0 Å². The first-order valence-corrected chi connectivity index (χ1v) is 7.73. The van der Waals surface area contributed by atoms with Crippen molar-refractivity contribution in [1.29, 1.82) is 0 Å². The maximum absolute atomic E-state index is 12.3. The van der Waals surface area contributed by atoms with Crippen LogP contribution in [0.15, 0.2) is 12.1 Å². The third-order valence-electron chi connectivity index (χ3n) is 3.01. The lowest BCUT2D eigenvalue weighted by Gasteiger charge is -2.21. The largest absolute Gasteiger partial charge is 0.478 e. The van der Waals surface area contributed by atoms with Crippen LogP contribution in [-0.4, -0.2) is 39.7 Å². The summed E-state index contributed by atoms with van der Waals surface area (Å²) in [6.45, 7) is 9.48. The standard InChI is InChI=1S/C18H22O8/c1-17(2,3)16(24)25-12-8-10(15(23)26-18(4,5)6)9(13(19)20)7-11(12)14(21)22/h7-8H,1-6H3,(H,19,20)(H,21,22). The van der Waals surface area contributed by atoms with Crippen molar-refractivity contribution >= 4 is 23.9 Å². The minimum Gasteiger partial charge on any atom is -0.478 e. The molecule has 0 atom stereocenters. The molecule has 142 valence electrons. The number of ether oxygens (including phenoxy) is 2. The Balaban J connectivity index is 3.56. The zero-order valence-corrected chi connectivity index (χ0v) is 15.5. The van der Waals surface area contributed by atoms with Crippen molar-refractivity contribution in [2.75, 3.05) is 0 Å². The number of carboxylic acid groups (broad SMARTS) is 2. The van der Waals surface area contributed by atoms with Crippen LogP contribution in [-0.2, 0) is 9.53 Å². The second-order valence-electron chi connectivity index (χ2n) is 7.65. The van der Waals surface area contributed by atoms with Gasteiger partial charge in [0.25, 0.3) is 0 Å². The third-order valence-corrected chi connectivity index (χ3v) is 3.01. The average molecular weight is 366 g/mol. The second kappa shape index (κ2) is 7.15. The van der Waals surface area contributed by atoms with E-state index in [4.69, 9.17) is 9.47 Å². The molecule has 0 aliphatic rings. The Morgan fingerprint density at radius 2 is 1.31 bits per heavy atom. The molecule has 0 amide bonds. The van der Waals surface area contributed by atoms with Crippen LogP contribution in [0.25, 0.3) is 0 Å². The quantitative estimate of drug-likeness (QED) is 0.615. The van der Waals surface area contributed by atoms with E-state index in [1.165, 1.54) is 0 Å². The average Bonchev–Trinajstić information content (AvgIpc) is 2.43. The molecule has 0 saturated heterocycles. The van der Waals surface area contributed by atoms with Gasteiger partial charge < -0.3 is 19.7 Å². The number of rotatable bonds is 4. The van der Waals surface area contributed by atoms with E-state index in [-0.39, 0.29) is 0 Å². The van der Waals surface area contributed by atoms with E-state index in [9.17, 15) is 29.4 Å². The molecule has 0 bridgehead atoms. The Morgan fingerprint density at radius 3 is 1.69 bits per heavy atom. The van der Waals surface area contributed by atoms with E-state index in [0.717, 1.165) is 12.1 Å². The molecule has 0 saturated carbocycles. The Hall–Kier alpha value is -2.90. The lowest BCUT2D eigenvalue weighted by molar-refractivity contribution is -0.143. The zero-order chi connectivity index (χ0) is 20.4. The highest BCUT2D eigenvalue weighted by Crippen LogP contribution is 2.28. The highest BCUT2D eigenvalue weighted by Gasteiger charge is 2.30. The van der Waals surface area contributed by atoms with Gasteiger partial charge in [-0.15, -0.1) is 0 Å². The predicted molar refractivity (Wildman–Crippen MR) is 90.6 cm³/mol. The highest BCUT2D eigenvalue weighted by atomic mass is 16.6. The minimum absolute atomic E-state index is 0.408. The smallest absolute Gasteiger partial charge is 0.339 e. The van der Waals surface area contributed by atoms with Crippen molar-refractivity contribution in [3.05, 3.63) is 28.8 Å². The molecule has 0 aliphatic heterocycles. The molecular formula is C18H22O8. The SMILES string of the molecule is CC(C)(C)OC(=O)c1cc(OC(=O)C(C)(C)C)c(C(=O)O)cc1C(=O)O. The zero-order valence-electron chi connectivity index (χ0n) is 15.5. The molecule has 26 heavy (non-hydrogen) atoms. The summed E-state index contributed by atoms with van der Waals surface area (Å²) in [6.07, 6.45) is 0. The number of carboxylic acids is 2. The van der Waals surface area contributed by atoms with Crippen LogP contribution in [0.2, 0.25) is 0 Å². The summed E-state index contributed by atoms with van der Waals surface area (Å²) in [4.78, 5) is 47.3. The fraction of sp³-hybridized carbons (Fsp3) is 0.444. The Bertz CT molecular complexity index is 763. The van der Waals surface area contributed by atoms with E-state index in [1.54, 1.807) is 41.5 Å². The number of carbonyl (C=O) groups is 4. The summed E-state index contributed by atoms with van der Waals surface area (Å²) in [6, 6.07) is 1.68. The minimum atomic E-state index is -1.51. The molecule has 0 fully saturated rings. The normalized spacial score (nSPS) is 11.6. The van der Waals surface area contributed by atoms with Gasteiger partial charge in [0, 0.05) is 0 Å². The van der Waals surface area contributed by atoms with Crippen LogP contribution >= 0.6 is 0 Å². The fourth-order valence-corrected chi connectivity index (χ4v) is 1.76. The summed E-state index contributed by atoms with van der Waals surface area (Å²) < 4.78 is 10.3. The fourth-order valence-electron chi connectivity index (χ4n) is 1.76. The molecular weight excluding hydrogens is 344 g/mol. The van der Waals surface area contributed by atoms with Crippen LogP contribution in [0.3, 0.4) is 0 Å². The van der Waals surface area contributed by atoms with Crippen LogP contribution in [0.1, 0.15) is 72.6 Å². The van der Waals surface area contributed by atoms with Gasteiger partial charge in [-0.2, -0.15) is 0 Å². The topological polar surface area (TPSA) is 127 Å². The van der Waals surface area contributed by atoms with Gasteiger partial charge in [0.15, 0.2) is 0 Å². The molecule has 2 N–H and O–H groups in total. The van der Waals surface area contributed by atoms with E-state index in [1.807, 2.05) is 0 Å².